The average Bonchev–Trinajstić information content (AvgIpc) is 3.02. The molecule has 0 aromatic heterocycles. The molecule has 3 aliphatic rings. The molecule has 0 radical (unpaired) electrons. The zero-order valence-corrected chi connectivity index (χ0v) is 12.5. The van der Waals surface area contributed by atoms with Gasteiger partial charge in [-0.05, 0) is 51.6 Å². The van der Waals surface area contributed by atoms with Crippen LogP contribution >= 0.6 is 0 Å². The molecule has 2 aliphatic carbocycles. The molecule has 0 aromatic rings. The van der Waals surface area contributed by atoms with E-state index >= 15 is 0 Å². The lowest BCUT2D eigenvalue weighted by Crippen LogP contribution is -2.50. The molecule has 5 nitrogen and oxygen atoms in total. The van der Waals surface area contributed by atoms with Gasteiger partial charge in [-0.1, -0.05) is 0 Å². The molecular weight excluding hydrogens is 254 g/mol. The Morgan fingerprint density at radius 2 is 2.00 bits per heavy atom. The molecule has 1 heterocycles. The summed E-state index contributed by atoms with van der Waals surface area (Å²) in [5.74, 6) is 1.24. The van der Waals surface area contributed by atoms with Gasteiger partial charge in [-0.3, -0.25) is 4.79 Å². The van der Waals surface area contributed by atoms with Crippen molar-refractivity contribution in [3.8, 4) is 0 Å². The first-order valence-electron chi connectivity index (χ1n) is 7.86. The highest BCUT2D eigenvalue weighted by atomic mass is 16.3. The van der Waals surface area contributed by atoms with Crippen molar-refractivity contribution >= 4 is 5.91 Å². The van der Waals surface area contributed by atoms with Crippen molar-refractivity contribution in [3.05, 3.63) is 0 Å². The van der Waals surface area contributed by atoms with Crippen LogP contribution in [0.3, 0.4) is 0 Å². The summed E-state index contributed by atoms with van der Waals surface area (Å²) in [6.07, 6.45) is 3.80. The maximum atomic E-state index is 12.9. The first-order valence-corrected chi connectivity index (χ1v) is 7.86. The lowest BCUT2D eigenvalue weighted by atomic mass is 9.84. The highest BCUT2D eigenvalue weighted by Gasteiger charge is 2.51. The first-order chi connectivity index (χ1) is 9.47. The highest BCUT2D eigenvalue weighted by molar-refractivity contribution is 5.81. The lowest BCUT2D eigenvalue weighted by Gasteiger charge is -2.34. The molecule has 0 aromatic carbocycles. The van der Waals surface area contributed by atoms with E-state index in [0.717, 1.165) is 19.4 Å². The Morgan fingerprint density at radius 1 is 1.30 bits per heavy atom. The number of nitrogens with two attached hydrogens (primary N) is 1. The summed E-state index contributed by atoms with van der Waals surface area (Å²) in [7, 11) is 4.02. The van der Waals surface area contributed by atoms with Gasteiger partial charge < -0.3 is 20.6 Å². The molecule has 3 rings (SSSR count). The fourth-order valence-electron chi connectivity index (χ4n) is 4.65. The van der Waals surface area contributed by atoms with Crippen LogP contribution in [0.25, 0.3) is 0 Å². The number of carbonyl (C=O) groups is 1. The van der Waals surface area contributed by atoms with Crippen molar-refractivity contribution in [2.75, 3.05) is 27.2 Å². The van der Waals surface area contributed by atoms with Gasteiger partial charge in [-0.2, -0.15) is 0 Å². The van der Waals surface area contributed by atoms with Crippen LogP contribution in [0, 0.1) is 17.8 Å². The molecule has 5 heteroatoms. The molecule has 3 fully saturated rings. The lowest BCUT2D eigenvalue weighted by molar-refractivity contribution is -0.139. The molecule has 0 spiro atoms. The summed E-state index contributed by atoms with van der Waals surface area (Å²) >= 11 is 0. The van der Waals surface area contributed by atoms with Gasteiger partial charge in [0.25, 0.3) is 0 Å². The summed E-state index contributed by atoms with van der Waals surface area (Å²) in [5, 5.41) is 9.93. The minimum Gasteiger partial charge on any atom is -0.391 e. The van der Waals surface area contributed by atoms with E-state index in [2.05, 4.69) is 4.90 Å². The number of likely N-dealkylation sites (tertiary alicyclic amines) is 1. The number of hydrogen-bond acceptors (Lipinski definition) is 4. The highest BCUT2D eigenvalue weighted by Crippen LogP contribution is 2.48. The number of aliphatic hydroxyl groups excluding tert-OH is 1. The number of likely N-dealkylation sites (N-methyl/N-ethyl adjacent to an activating group) is 1. The SMILES string of the molecule is CN(C)CC1CC(O)CN1C(=O)C1C2CCC(C2)C1N. The topological polar surface area (TPSA) is 69.8 Å². The summed E-state index contributed by atoms with van der Waals surface area (Å²) in [4.78, 5) is 16.9. The molecule has 114 valence electrons. The van der Waals surface area contributed by atoms with Crippen molar-refractivity contribution in [3.63, 3.8) is 0 Å². The minimum atomic E-state index is -0.376. The number of hydrogen-bond donors (Lipinski definition) is 2. The third kappa shape index (κ3) is 2.36. The van der Waals surface area contributed by atoms with Crippen LogP contribution in [0.4, 0.5) is 0 Å². The van der Waals surface area contributed by atoms with Crippen LogP contribution in [0.5, 0.6) is 0 Å². The van der Waals surface area contributed by atoms with Gasteiger partial charge in [-0.25, -0.2) is 0 Å². The second-order valence-corrected chi connectivity index (χ2v) is 7.23. The molecule has 3 N–H and O–H groups in total. The predicted octanol–water partition coefficient (Wildman–Crippen LogP) is -0.117. The Labute approximate surface area is 121 Å². The van der Waals surface area contributed by atoms with E-state index in [4.69, 9.17) is 5.73 Å². The van der Waals surface area contributed by atoms with E-state index in [9.17, 15) is 9.90 Å². The van der Waals surface area contributed by atoms with Crippen molar-refractivity contribution in [1.29, 1.82) is 0 Å². The van der Waals surface area contributed by atoms with Gasteiger partial charge in [-0.15, -0.1) is 0 Å². The number of β-amino-alcohol motifs (C(OH)–C–C–N with tert-alkyl or cyclic N) is 1. The Balaban J connectivity index is 1.72. The van der Waals surface area contributed by atoms with Gasteiger partial charge in [0.15, 0.2) is 0 Å². The van der Waals surface area contributed by atoms with Crippen LogP contribution in [0.1, 0.15) is 25.7 Å². The van der Waals surface area contributed by atoms with E-state index in [1.807, 2.05) is 19.0 Å². The van der Waals surface area contributed by atoms with Crippen molar-refractivity contribution < 1.29 is 9.90 Å². The normalized spacial score (nSPS) is 43.8. The Kier molecular flexibility index (Phi) is 3.77. The third-order valence-electron chi connectivity index (χ3n) is 5.52. The van der Waals surface area contributed by atoms with Gasteiger partial charge in [0, 0.05) is 25.2 Å². The summed E-state index contributed by atoms with van der Waals surface area (Å²) in [6.45, 7) is 1.30. The van der Waals surface area contributed by atoms with E-state index < -0.39 is 0 Å². The molecule has 1 aliphatic heterocycles. The minimum absolute atomic E-state index is 0.00344. The van der Waals surface area contributed by atoms with Crippen LogP contribution in [-0.4, -0.2) is 66.2 Å². The molecule has 6 unspecified atom stereocenters. The molecule has 2 bridgehead atoms. The molecule has 6 atom stereocenters. The van der Waals surface area contributed by atoms with Crippen molar-refractivity contribution in [2.45, 2.75) is 43.9 Å². The number of carbonyl (C=O) groups excluding carboxylic acids is 1. The Bertz CT molecular complexity index is 385. The second kappa shape index (κ2) is 5.28. The van der Waals surface area contributed by atoms with Crippen LogP contribution < -0.4 is 5.73 Å². The predicted molar refractivity (Wildman–Crippen MR) is 77.0 cm³/mol. The van der Waals surface area contributed by atoms with E-state index in [-0.39, 0.29) is 30.0 Å². The second-order valence-electron chi connectivity index (χ2n) is 7.23. The number of aliphatic hydroxyl groups is 1. The number of nitrogens with zero attached hydrogens (tertiary/aromatic N) is 2. The molecule has 2 saturated carbocycles. The maximum Gasteiger partial charge on any atom is 0.227 e. The first kappa shape index (κ1) is 14.3. The quantitative estimate of drug-likeness (QED) is 0.757. The number of rotatable bonds is 3. The standard InChI is InChI=1S/C15H27N3O2/c1-17(2)7-11-6-12(19)8-18(11)15(20)13-9-3-4-10(5-9)14(13)16/h9-14,19H,3-8,16H2,1-2H3. The van der Waals surface area contributed by atoms with Crippen LogP contribution in [0.2, 0.25) is 0 Å². The third-order valence-corrected chi connectivity index (χ3v) is 5.52. The zero-order valence-electron chi connectivity index (χ0n) is 12.5. The Morgan fingerprint density at radius 3 is 2.60 bits per heavy atom. The smallest absolute Gasteiger partial charge is 0.227 e. The fourth-order valence-corrected chi connectivity index (χ4v) is 4.65. The summed E-state index contributed by atoms with van der Waals surface area (Å²) in [6, 6.07) is 0.179. The van der Waals surface area contributed by atoms with Gasteiger partial charge >= 0.3 is 0 Å². The maximum absolute atomic E-state index is 12.9. The summed E-state index contributed by atoms with van der Waals surface area (Å²) < 4.78 is 0. The van der Waals surface area contributed by atoms with Crippen LogP contribution in [0.15, 0.2) is 0 Å². The molecular formula is C15H27N3O2. The van der Waals surface area contributed by atoms with Crippen molar-refractivity contribution in [1.82, 2.24) is 9.80 Å². The van der Waals surface area contributed by atoms with Gasteiger partial charge in [0.2, 0.25) is 5.91 Å². The number of amides is 1. The largest absolute Gasteiger partial charge is 0.391 e. The van der Waals surface area contributed by atoms with Crippen molar-refractivity contribution in [2.24, 2.45) is 23.5 Å². The molecule has 1 saturated heterocycles. The van der Waals surface area contributed by atoms with Crippen LogP contribution in [-0.2, 0) is 4.79 Å². The molecule has 1 amide bonds. The zero-order chi connectivity index (χ0) is 14.4. The van der Waals surface area contributed by atoms with Gasteiger partial charge in [0.1, 0.15) is 0 Å². The van der Waals surface area contributed by atoms with E-state index in [1.54, 1.807) is 0 Å². The summed E-state index contributed by atoms with van der Waals surface area (Å²) in [5.41, 5.74) is 6.29. The van der Waals surface area contributed by atoms with E-state index in [1.165, 1.54) is 6.42 Å². The Hall–Kier alpha value is -0.650. The van der Waals surface area contributed by atoms with Gasteiger partial charge in [0.05, 0.1) is 12.0 Å². The van der Waals surface area contributed by atoms with E-state index in [0.29, 0.717) is 24.8 Å². The average molecular weight is 281 g/mol. The monoisotopic (exact) mass is 281 g/mol. The fraction of sp³-hybridized carbons (Fsp3) is 0.933. The number of fused-ring (bicyclic) bond motifs is 2. The molecule has 20 heavy (non-hydrogen) atoms.